The van der Waals surface area contributed by atoms with Crippen molar-refractivity contribution in [1.82, 2.24) is 30.3 Å². The highest BCUT2D eigenvalue weighted by atomic mass is 16.5. The van der Waals surface area contributed by atoms with Crippen LogP contribution in [-0.4, -0.2) is 72.6 Å². The predicted octanol–water partition coefficient (Wildman–Crippen LogP) is 1.03. The van der Waals surface area contributed by atoms with Gasteiger partial charge in [0.25, 0.3) is 0 Å². The van der Waals surface area contributed by atoms with Gasteiger partial charge in [0.1, 0.15) is 24.5 Å². The predicted molar refractivity (Wildman–Crippen MR) is 114 cm³/mol. The molecule has 0 fully saturated rings. The number of nitrogens with one attached hydrogen (secondary N) is 2. The molecule has 1 aromatic carbocycles. The molecule has 9 nitrogen and oxygen atoms in total. The van der Waals surface area contributed by atoms with Gasteiger partial charge in [-0.25, -0.2) is 9.98 Å². The smallest absolute Gasteiger partial charge is 0.191 e. The largest absolute Gasteiger partial charge is 0.492 e. The van der Waals surface area contributed by atoms with Crippen molar-refractivity contribution in [1.29, 1.82) is 0 Å². The fourth-order valence-corrected chi connectivity index (χ4v) is 2.57. The maximum absolute atomic E-state index is 5.88. The number of hydrogen-bond acceptors (Lipinski definition) is 6. The van der Waals surface area contributed by atoms with Crippen LogP contribution in [0.4, 0.5) is 0 Å². The normalized spacial score (nSPS) is 11.7. The Morgan fingerprint density at radius 1 is 1.24 bits per heavy atom. The van der Waals surface area contributed by atoms with Gasteiger partial charge in [0.2, 0.25) is 0 Å². The van der Waals surface area contributed by atoms with Crippen LogP contribution >= 0.6 is 0 Å². The summed E-state index contributed by atoms with van der Waals surface area (Å²) in [6.07, 6.45) is 1.54. The first kappa shape index (κ1) is 22.6. The quantitative estimate of drug-likeness (QED) is 0.404. The molecule has 0 amide bonds. The van der Waals surface area contributed by atoms with Gasteiger partial charge in [-0.1, -0.05) is 12.1 Å². The summed E-state index contributed by atoms with van der Waals surface area (Å²) < 4.78 is 12.7. The Hall–Kier alpha value is -2.65. The fraction of sp³-hybridized carbons (Fsp3) is 0.550. The first-order chi connectivity index (χ1) is 14.1. The minimum atomic E-state index is 0.555. The Morgan fingerprint density at radius 3 is 2.79 bits per heavy atom. The molecule has 2 N–H and O–H groups in total. The van der Waals surface area contributed by atoms with E-state index in [0.29, 0.717) is 19.7 Å². The second-order valence-electron chi connectivity index (χ2n) is 6.64. The molecule has 29 heavy (non-hydrogen) atoms. The van der Waals surface area contributed by atoms with Crippen LogP contribution in [0.2, 0.25) is 0 Å². The molecule has 0 saturated heterocycles. The van der Waals surface area contributed by atoms with E-state index in [1.54, 1.807) is 18.1 Å². The fourth-order valence-electron chi connectivity index (χ4n) is 2.57. The number of aryl methyl sites for hydroxylation is 1. The van der Waals surface area contributed by atoms with Crippen molar-refractivity contribution >= 4 is 5.96 Å². The maximum Gasteiger partial charge on any atom is 0.191 e. The molecule has 2 rings (SSSR count). The number of benzene rings is 1. The van der Waals surface area contributed by atoms with Crippen LogP contribution in [0, 0.1) is 0 Å². The van der Waals surface area contributed by atoms with Crippen LogP contribution in [0.25, 0.3) is 0 Å². The van der Waals surface area contributed by atoms with Crippen LogP contribution < -0.4 is 15.4 Å². The monoisotopic (exact) mass is 403 g/mol. The van der Waals surface area contributed by atoms with E-state index in [4.69, 9.17) is 9.47 Å². The van der Waals surface area contributed by atoms with Gasteiger partial charge < -0.3 is 25.0 Å². The third-order valence-corrected chi connectivity index (χ3v) is 4.30. The molecule has 0 atom stereocenters. The molecule has 160 valence electrons. The Kier molecular flexibility index (Phi) is 9.94. The average Bonchev–Trinajstić information content (AvgIpc) is 3.13. The number of aliphatic imine (C=N–C) groups is 1. The molecule has 0 spiro atoms. The van der Waals surface area contributed by atoms with Crippen LogP contribution in [-0.2, 0) is 24.9 Å². The maximum atomic E-state index is 5.88. The lowest BCUT2D eigenvalue weighted by molar-refractivity contribution is 0.150. The zero-order chi connectivity index (χ0) is 20.9. The Morgan fingerprint density at radius 2 is 2.07 bits per heavy atom. The molecule has 1 aromatic heterocycles. The molecule has 0 aliphatic carbocycles. The third kappa shape index (κ3) is 8.49. The Balaban J connectivity index is 1.85. The standard InChI is InChI=1S/C20H33N7O2/c1-5-21-20(23-15-19-24-16-25-27(19)3)22-14-17-7-6-8-18(13-17)29-12-10-26(2)9-11-28-4/h6-8,13,16H,5,9-12,14-15H2,1-4H3,(H2,21,22,23). The SMILES string of the molecule is CCNC(=NCc1cccc(OCCN(C)CCOC)c1)NCc1ncnn1C. The third-order valence-electron chi connectivity index (χ3n) is 4.30. The van der Waals surface area contributed by atoms with Gasteiger partial charge in [-0.2, -0.15) is 5.10 Å². The number of hydrogen-bond donors (Lipinski definition) is 2. The van der Waals surface area contributed by atoms with Crippen molar-refractivity contribution in [2.24, 2.45) is 12.0 Å². The highest BCUT2D eigenvalue weighted by Crippen LogP contribution is 2.14. The Labute approximate surface area is 173 Å². The Bertz CT molecular complexity index is 748. The number of rotatable bonds is 12. The number of likely N-dealkylation sites (N-methyl/N-ethyl adjacent to an activating group) is 1. The summed E-state index contributed by atoms with van der Waals surface area (Å²) in [5.74, 6) is 2.44. The zero-order valence-electron chi connectivity index (χ0n) is 17.9. The topological polar surface area (TPSA) is 88.8 Å². The summed E-state index contributed by atoms with van der Waals surface area (Å²) in [6, 6.07) is 8.05. The number of aromatic nitrogens is 3. The van der Waals surface area contributed by atoms with Gasteiger partial charge in [-0.05, 0) is 31.7 Å². The molecule has 0 bridgehead atoms. The summed E-state index contributed by atoms with van der Waals surface area (Å²) in [5, 5.41) is 10.6. The van der Waals surface area contributed by atoms with E-state index in [2.05, 4.69) is 37.7 Å². The summed E-state index contributed by atoms with van der Waals surface area (Å²) in [4.78, 5) is 11.1. The number of methoxy groups -OCH3 is 1. The van der Waals surface area contributed by atoms with Gasteiger partial charge in [0.15, 0.2) is 5.96 Å². The van der Waals surface area contributed by atoms with Gasteiger partial charge in [0.05, 0.1) is 19.7 Å². The number of guanidine groups is 1. The summed E-state index contributed by atoms with van der Waals surface area (Å²) in [5.41, 5.74) is 1.09. The van der Waals surface area contributed by atoms with E-state index in [0.717, 1.165) is 49.3 Å². The van der Waals surface area contributed by atoms with Gasteiger partial charge in [-0.3, -0.25) is 4.68 Å². The van der Waals surface area contributed by atoms with Crippen molar-refractivity contribution < 1.29 is 9.47 Å². The van der Waals surface area contributed by atoms with Crippen molar-refractivity contribution in [3.8, 4) is 5.75 Å². The van der Waals surface area contributed by atoms with Crippen molar-refractivity contribution in [2.45, 2.75) is 20.0 Å². The van der Waals surface area contributed by atoms with Crippen LogP contribution in [0.15, 0.2) is 35.6 Å². The lowest BCUT2D eigenvalue weighted by Gasteiger charge is -2.16. The zero-order valence-corrected chi connectivity index (χ0v) is 17.9. The first-order valence-corrected chi connectivity index (χ1v) is 9.86. The molecule has 2 aromatic rings. The van der Waals surface area contributed by atoms with Crippen molar-refractivity contribution in [3.05, 3.63) is 42.0 Å². The second kappa shape index (κ2) is 12.7. The molecule has 1 heterocycles. The lowest BCUT2D eigenvalue weighted by Crippen LogP contribution is -2.37. The van der Waals surface area contributed by atoms with E-state index in [1.807, 2.05) is 38.2 Å². The molecule has 0 radical (unpaired) electrons. The average molecular weight is 404 g/mol. The molecule has 0 aliphatic heterocycles. The summed E-state index contributed by atoms with van der Waals surface area (Å²) in [7, 11) is 5.64. The molecular weight excluding hydrogens is 370 g/mol. The van der Waals surface area contributed by atoms with Crippen LogP contribution in [0.3, 0.4) is 0 Å². The van der Waals surface area contributed by atoms with Crippen LogP contribution in [0.1, 0.15) is 18.3 Å². The highest BCUT2D eigenvalue weighted by molar-refractivity contribution is 5.79. The molecule has 0 aliphatic rings. The van der Waals surface area contributed by atoms with Gasteiger partial charge in [0, 0.05) is 33.8 Å². The summed E-state index contributed by atoms with van der Waals surface area (Å²) in [6.45, 7) is 7.03. The van der Waals surface area contributed by atoms with E-state index >= 15 is 0 Å². The molecule has 0 saturated carbocycles. The van der Waals surface area contributed by atoms with Crippen LogP contribution in [0.5, 0.6) is 5.75 Å². The highest BCUT2D eigenvalue weighted by Gasteiger charge is 2.04. The second-order valence-corrected chi connectivity index (χ2v) is 6.64. The molecule has 0 unspecified atom stereocenters. The molecular formula is C20H33N7O2. The first-order valence-electron chi connectivity index (χ1n) is 9.86. The summed E-state index contributed by atoms with van der Waals surface area (Å²) >= 11 is 0. The minimum Gasteiger partial charge on any atom is -0.492 e. The number of ether oxygens (including phenoxy) is 2. The van der Waals surface area contributed by atoms with Gasteiger partial charge >= 0.3 is 0 Å². The van der Waals surface area contributed by atoms with E-state index in [-0.39, 0.29) is 0 Å². The van der Waals surface area contributed by atoms with E-state index in [1.165, 1.54) is 0 Å². The van der Waals surface area contributed by atoms with E-state index in [9.17, 15) is 0 Å². The molecule has 9 heteroatoms. The van der Waals surface area contributed by atoms with E-state index < -0.39 is 0 Å². The van der Waals surface area contributed by atoms with Crippen molar-refractivity contribution in [3.63, 3.8) is 0 Å². The van der Waals surface area contributed by atoms with Crippen molar-refractivity contribution in [2.75, 3.05) is 47.0 Å². The number of nitrogens with zero attached hydrogens (tertiary/aromatic N) is 5. The lowest BCUT2D eigenvalue weighted by atomic mass is 10.2. The minimum absolute atomic E-state index is 0.555. The van der Waals surface area contributed by atoms with Gasteiger partial charge in [-0.15, -0.1) is 0 Å².